The van der Waals surface area contributed by atoms with Crippen molar-refractivity contribution < 1.29 is 9.53 Å². The van der Waals surface area contributed by atoms with E-state index in [0.717, 1.165) is 32.2 Å². The highest BCUT2D eigenvalue weighted by molar-refractivity contribution is 5.98. The maximum Gasteiger partial charge on any atom is 0.187 e. The molecule has 1 heterocycles. The predicted octanol–water partition coefficient (Wildman–Crippen LogP) is 2.85. The van der Waals surface area contributed by atoms with Gasteiger partial charge in [-0.15, -0.1) is 0 Å². The minimum Gasteiger partial charge on any atom is -0.493 e. The third-order valence-electron chi connectivity index (χ3n) is 3.79. The van der Waals surface area contributed by atoms with Gasteiger partial charge in [-0.1, -0.05) is 26.7 Å². The third kappa shape index (κ3) is 4.84. The van der Waals surface area contributed by atoms with Crippen molar-refractivity contribution in [2.75, 3.05) is 27.7 Å². The van der Waals surface area contributed by atoms with Crippen molar-refractivity contribution in [2.24, 2.45) is 5.92 Å². The summed E-state index contributed by atoms with van der Waals surface area (Å²) in [6.45, 7) is 5.77. The van der Waals surface area contributed by atoms with Crippen LogP contribution in [0.2, 0.25) is 0 Å². The van der Waals surface area contributed by atoms with Gasteiger partial charge in [-0.2, -0.15) is 5.10 Å². The van der Waals surface area contributed by atoms with Crippen LogP contribution in [-0.2, 0) is 6.54 Å². The lowest BCUT2D eigenvalue weighted by atomic mass is 9.92. The Morgan fingerprint density at radius 2 is 2.14 bits per heavy atom. The number of rotatable bonds is 10. The van der Waals surface area contributed by atoms with Crippen LogP contribution in [0.5, 0.6) is 5.75 Å². The fourth-order valence-corrected chi connectivity index (χ4v) is 2.39. The number of ether oxygens (including phenoxy) is 1. The average Bonchev–Trinajstić information content (AvgIpc) is 2.88. The quantitative estimate of drug-likeness (QED) is 0.623. The maximum absolute atomic E-state index is 12.8. The number of nitrogens with zero attached hydrogens (tertiary/aromatic N) is 3. The number of hydrogen-bond acceptors (Lipinski definition) is 4. The summed E-state index contributed by atoms with van der Waals surface area (Å²) in [5, 5.41) is 4.32. The third-order valence-corrected chi connectivity index (χ3v) is 3.79. The molecule has 0 aromatic carbocycles. The minimum atomic E-state index is 0.0636. The highest BCUT2D eigenvalue weighted by atomic mass is 16.5. The van der Waals surface area contributed by atoms with Gasteiger partial charge < -0.3 is 9.64 Å². The molecule has 0 saturated carbocycles. The molecule has 0 radical (unpaired) electrons. The smallest absolute Gasteiger partial charge is 0.187 e. The minimum absolute atomic E-state index is 0.0636. The molecule has 21 heavy (non-hydrogen) atoms. The summed E-state index contributed by atoms with van der Waals surface area (Å²) in [5.41, 5.74) is 0.627. The molecular weight excluding hydrogens is 266 g/mol. The molecule has 1 rings (SSSR count). The lowest BCUT2D eigenvalue weighted by molar-refractivity contribution is 0.0893. The normalized spacial score (nSPS) is 12.7. The highest BCUT2D eigenvalue weighted by Crippen LogP contribution is 2.25. The molecule has 5 heteroatoms. The number of methoxy groups -OCH3 is 1. The number of ketones is 1. The molecule has 0 fully saturated rings. The van der Waals surface area contributed by atoms with Gasteiger partial charge in [0, 0.05) is 12.5 Å². The average molecular weight is 295 g/mol. The monoisotopic (exact) mass is 295 g/mol. The van der Waals surface area contributed by atoms with Gasteiger partial charge in [-0.25, -0.2) is 0 Å². The van der Waals surface area contributed by atoms with E-state index in [1.165, 1.54) is 0 Å². The SMILES string of the molecule is CCCCC(CC)C(=O)c1c(OC)cnn1CCN(C)C. The van der Waals surface area contributed by atoms with Crippen molar-refractivity contribution in [3.05, 3.63) is 11.9 Å². The topological polar surface area (TPSA) is 47.4 Å². The van der Waals surface area contributed by atoms with Gasteiger partial charge in [-0.05, 0) is 26.9 Å². The number of carbonyl (C=O) groups excluding carboxylic acids is 1. The van der Waals surface area contributed by atoms with Crippen LogP contribution in [-0.4, -0.2) is 48.2 Å². The molecule has 1 atom stereocenters. The number of carbonyl (C=O) groups is 1. The lowest BCUT2D eigenvalue weighted by Gasteiger charge is -2.16. The lowest BCUT2D eigenvalue weighted by Crippen LogP contribution is -2.24. The summed E-state index contributed by atoms with van der Waals surface area (Å²) in [5.74, 6) is 0.821. The molecule has 1 unspecified atom stereocenters. The Labute approximate surface area is 128 Å². The highest BCUT2D eigenvalue weighted by Gasteiger charge is 2.25. The van der Waals surface area contributed by atoms with Crippen LogP contribution in [0, 0.1) is 5.92 Å². The predicted molar refractivity (Wildman–Crippen MR) is 85.0 cm³/mol. The van der Waals surface area contributed by atoms with Crippen LogP contribution < -0.4 is 4.74 Å². The summed E-state index contributed by atoms with van der Waals surface area (Å²) in [7, 11) is 5.62. The number of aromatic nitrogens is 2. The van der Waals surface area contributed by atoms with E-state index in [-0.39, 0.29) is 11.7 Å². The first-order valence-electron chi connectivity index (χ1n) is 7.83. The second-order valence-electron chi connectivity index (χ2n) is 5.70. The molecule has 1 aromatic heterocycles. The Morgan fingerprint density at radius 1 is 1.43 bits per heavy atom. The number of Topliss-reactive ketones (excluding diaryl/α,β-unsaturated/α-hetero) is 1. The Morgan fingerprint density at radius 3 is 2.67 bits per heavy atom. The molecule has 0 amide bonds. The zero-order valence-electron chi connectivity index (χ0n) is 14.1. The fraction of sp³-hybridized carbons (Fsp3) is 0.750. The van der Waals surface area contributed by atoms with Gasteiger partial charge in [0.15, 0.2) is 11.5 Å². The van der Waals surface area contributed by atoms with Crippen molar-refractivity contribution in [2.45, 2.75) is 46.1 Å². The van der Waals surface area contributed by atoms with Gasteiger partial charge >= 0.3 is 0 Å². The summed E-state index contributed by atoms with van der Waals surface area (Å²) in [4.78, 5) is 14.9. The number of likely N-dealkylation sites (N-methyl/N-ethyl adjacent to an activating group) is 1. The Kier molecular flexibility index (Phi) is 7.43. The van der Waals surface area contributed by atoms with Crippen molar-refractivity contribution >= 4 is 5.78 Å². The largest absolute Gasteiger partial charge is 0.493 e. The molecule has 1 aromatic rings. The summed E-state index contributed by atoms with van der Waals surface area (Å²) in [6, 6.07) is 0. The second-order valence-corrected chi connectivity index (χ2v) is 5.70. The first-order valence-corrected chi connectivity index (χ1v) is 7.83. The van der Waals surface area contributed by atoms with Crippen LogP contribution >= 0.6 is 0 Å². The van der Waals surface area contributed by atoms with Crippen molar-refractivity contribution in [1.82, 2.24) is 14.7 Å². The van der Waals surface area contributed by atoms with Crippen LogP contribution in [0.25, 0.3) is 0 Å². The van der Waals surface area contributed by atoms with Gasteiger partial charge in [0.25, 0.3) is 0 Å². The molecule has 5 nitrogen and oxygen atoms in total. The standard InChI is InChI=1S/C16H29N3O2/c1-6-8-9-13(7-2)16(20)15-14(21-5)12-17-19(15)11-10-18(3)4/h12-13H,6-11H2,1-5H3. The molecule has 0 N–H and O–H groups in total. The molecule has 0 aliphatic heterocycles. The summed E-state index contributed by atoms with van der Waals surface area (Å²) >= 11 is 0. The van der Waals surface area contributed by atoms with Gasteiger partial charge in [-0.3, -0.25) is 9.48 Å². The Hall–Kier alpha value is -1.36. The van der Waals surface area contributed by atoms with E-state index in [1.807, 2.05) is 14.1 Å². The zero-order chi connectivity index (χ0) is 15.8. The van der Waals surface area contributed by atoms with E-state index in [2.05, 4.69) is 23.8 Å². The van der Waals surface area contributed by atoms with Crippen molar-refractivity contribution in [1.29, 1.82) is 0 Å². The first kappa shape index (κ1) is 17.7. The van der Waals surface area contributed by atoms with E-state index < -0.39 is 0 Å². The van der Waals surface area contributed by atoms with Crippen LogP contribution in [0.3, 0.4) is 0 Å². The van der Waals surface area contributed by atoms with E-state index in [9.17, 15) is 4.79 Å². The van der Waals surface area contributed by atoms with Gasteiger partial charge in [0.05, 0.1) is 19.9 Å². The number of hydrogen-bond donors (Lipinski definition) is 0. The van der Waals surface area contributed by atoms with Crippen LogP contribution in [0.1, 0.15) is 50.0 Å². The Balaban J connectivity index is 2.96. The fourth-order valence-electron chi connectivity index (χ4n) is 2.39. The second kappa shape index (κ2) is 8.82. The zero-order valence-corrected chi connectivity index (χ0v) is 14.1. The van der Waals surface area contributed by atoms with E-state index in [0.29, 0.717) is 18.0 Å². The van der Waals surface area contributed by atoms with Crippen LogP contribution in [0.4, 0.5) is 0 Å². The molecule has 0 spiro atoms. The summed E-state index contributed by atoms with van der Waals surface area (Å²) in [6.07, 6.45) is 5.64. The molecule has 0 saturated heterocycles. The van der Waals surface area contributed by atoms with E-state index >= 15 is 0 Å². The molecular formula is C16H29N3O2. The van der Waals surface area contributed by atoms with Crippen molar-refractivity contribution in [3.8, 4) is 5.75 Å². The number of unbranched alkanes of at least 4 members (excludes halogenated alkanes) is 1. The van der Waals surface area contributed by atoms with Crippen molar-refractivity contribution in [3.63, 3.8) is 0 Å². The Bertz CT molecular complexity index is 441. The maximum atomic E-state index is 12.8. The van der Waals surface area contributed by atoms with E-state index in [1.54, 1.807) is 18.0 Å². The molecule has 120 valence electrons. The first-order chi connectivity index (χ1) is 10.0. The molecule has 0 aliphatic carbocycles. The van der Waals surface area contributed by atoms with Crippen LogP contribution in [0.15, 0.2) is 6.20 Å². The van der Waals surface area contributed by atoms with Gasteiger partial charge in [0.2, 0.25) is 0 Å². The summed E-state index contributed by atoms with van der Waals surface area (Å²) < 4.78 is 7.12. The molecule has 0 aliphatic rings. The molecule has 0 bridgehead atoms. The van der Waals surface area contributed by atoms with E-state index in [4.69, 9.17) is 4.74 Å². The van der Waals surface area contributed by atoms with Gasteiger partial charge in [0.1, 0.15) is 5.69 Å².